The van der Waals surface area contributed by atoms with Crippen LogP contribution in [0.25, 0.3) is 0 Å². The third-order valence-corrected chi connectivity index (χ3v) is 6.75. The Morgan fingerprint density at radius 1 is 1.24 bits per heavy atom. The smallest absolute Gasteiger partial charge is 0.191 e. The fraction of sp³-hybridized carbons (Fsp3) is 0.650. The predicted molar refractivity (Wildman–Crippen MR) is 107 cm³/mol. The van der Waals surface area contributed by atoms with Gasteiger partial charge in [0, 0.05) is 42.6 Å². The van der Waals surface area contributed by atoms with E-state index in [1.54, 1.807) is 0 Å². The largest absolute Gasteiger partial charge is 0.356 e. The van der Waals surface area contributed by atoms with Crippen molar-refractivity contribution in [2.24, 2.45) is 10.9 Å². The number of guanidine groups is 1. The van der Waals surface area contributed by atoms with Crippen molar-refractivity contribution in [1.29, 1.82) is 0 Å². The average molecular weight is 405 g/mol. The van der Waals surface area contributed by atoms with E-state index in [2.05, 4.69) is 60.7 Å². The highest BCUT2D eigenvalue weighted by Crippen LogP contribution is 2.49. The van der Waals surface area contributed by atoms with Crippen LogP contribution in [0.15, 0.2) is 33.7 Å². The van der Waals surface area contributed by atoms with Gasteiger partial charge in [0.25, 0.3) is 0 Å². The van der Waals surface area contributed by atoms with Gasteiger partial charge in [0.1, 0.15) is 0 Å². The van der Waals surface area contributed by atoms with Gasteiger partial charge in [-0.2, -0.15) is 0 Å². The summed E-state index contributed by atoms with van der Waals surface area (Å²) in [6, 6.07) is 9.53. The minimum absolute atomic E-state index is 0.272. The Morgan fingerprint density at radius 3 is 2.72 bits per heavy atom. The molecule has 4 rings (SSSR count). The lowest BCUT2D eigenvalue weighted by atomic mass is 9.96. The normalized spacial score (nSPS) is 25.8. The number of aliphatic imine (C=N–C) groups is 1. The van der Waals surface area contributed by atoms with Crippen LogP contribution in [0.3, 0.4) is 0 Å². The minimum atomic E-state index is 0.272. The zero-order valence-corrected chi connectivity index (χ0v) is 16.7. The number of nitrogens with one attached hydrogen (secondary N) is 2. The van der Waals surface area contributed by atoms with E-state index in [4.69, 9.17) is 0 Å². The molecule has 4 nitrogen and oxygen atoms in total. The third kappa shape index (κ3) is 4.03. The van der Waals surface area contributed by atoms with Crippen LogP contribution in [-0.4, -0.2) is 50.1 Å². The summed E-state index contributed by atoms with van der Waals surface area (Å²) < 4.78 is 1.23. The van der Waals surface area contributed by atoms with Crippen molar-refractivity contribution in [1.82, 2.24) is 15.5 Å². The molecule has 3 fully saturated rings. The first-order valence-electron chi connectivity index (χ1n) is 9.64. The predicted octanol–water partition coefficient (Wildman–Crippen LogP) is 3.13. The Bertz CT molecular complexity index is 636. The quantitative estimate of drug-likeness (QED) is 0.564. The number of benzene rings is 1. The molecule has 2 saturated carbocycles. The fourth-order valence-electron chi connectivity index (χ4n) is 4.10. The van der Waals surface area contributed by atoms with Crippen molar-refractivity contribution >= 4 is 21.9 Å². The first kappa shape index (κ1) is 17.3. The fourth-order valence-corrected chi connectivity index (χ4v) is 4.80. The van der Waals surface area contributed by atoms with Gasteiger partial charge >= 0.3 is 0 Å². The molecule has 1 atom stereocenters. The Balaban J connectivity index is 1.26. The van der Waals surface area contributed by atoms with Crippen LogP contribution in [0, 0.1) is 5.92 Å². The van der Waals surface area contributed by atoms with Crippen LogP contribution in [0.2, 0.25) is 0 Å². The topological polar surface area (TPSA) is 39.7 Å². The van der Waals surface area contributed by atoms with Crippen LogP contribution >= 0.6 is 15.9 Å². The monoisotopic (exact) mass is 404 g/mol. The van der Waals surface area contributed by atoms with Gasteiger partial charge in [-0.3, -0.25) is 4.99 Å². The Hall–Kier alpha value is -1.07. The summed E-state index contributed by atoms with van der Waals surface area (Å²) in [5, 5.41) is 7.13. The van der Waals surface area contributed by atoms with Gasteiger partial charge in [-0.05, 0) is 56.2 Å². The second kappa shape index (κ2) is 7.28. The van der Waals surface area contributed by atoms with Gasteiger partial charge < -0.3 is 15.5 Å². The molecule has 1 heterocycles. The van der Waals surface area contributed by atoms with E-state index in [0.717, 1.165) is 31.0 Å². The second-order valence-corrected chi connectivity index (χ2v) is 8.80. The zero-order chi connectivity index (χ0) is 17.3. The molecule has 1 saturated heterocycles. The molecule has 1 aromatic carbocycles. The zero-order valence-electron chi connectivity index (χ0n) is 15.1. The Labute approximate surface area is 159 Å². The van der Waals surface area contributed by atoms with Gasteiger partial charge in [-0.25, -0.2) is 0 Å². The molecule has 25 heavy (non-hydrogen) atoms. The lowest BCUT2D eigenvalue weighted by Gasteiger charge is -2.21. The molecule has 2 aliphatic carbocycles. The maximum absolute atomic E-state index is 4.43. The number of likely N-dealkylation sites (tertiary alicyclic amines) is 1. The summed E-state index contributed by atoms with van der Waals surface area (Å²) >= 11 is 3.72. The highest BCUT2D eigenvalue weighted by Gasteiger charge is 2.45. The summed E-state index contributed by atoms with van der Waals surface area (Å²) in [5.41, 5.74) is 1.70. The molecule has 3 aliphatic rings. The van der Waals surface area contributed by atoms with Gasteiger partial charge in [-0.1, -0.05) is 34.1 Å². The Kier molecular flexibility index (Phi) is 5.05. The maximum Gasteiger partial charge on any atom is 0.191 e. The summed E-state index contributed by atoms with van der Waals surface area (Å²) in [6.07, 6.45) is 6.65. The highest BCUT2D eigenvalue weighted by molar-refractivity contribution is 9.10. The first-order valence-corrected chi connectivity index (χ1v) is 10.4. The molecule has 1 unspecified atom stereocenters. The van der Waals surface area contributed by atoms with Crippen LogP contribution in [-0.2, 0) is 5.41 Å². The average Bonchev–Trinajstić information content (AvgIpc) is 3.55. The lowest BCUT2D eigenvalue weighted by molar-refractivity contribution is 0.314. The molecule has 5 heteroatoms. The van der Waals surface area contributed by atoms with E-state index in [-0.39, 0.29) is 5.41 Å². The maximum atomic E-state index is 4.43. The SMILES string of the molecule is CN=C(NCC1CCN(C2CC2)C1)NCC1(c2ccccc2Br)CC1. The molecular weight excluding hydrogens is 376 g/mol. The number of nitrogens with zero attached hydrogens (tertiary/aromatic N) is 2. The van der Waals surface area contributed by atoms with E-state index in [1.807, 2.05) is 7.05 Å². The van der Waals surface area contributed by atoms with E-state index in [1.165, 1.54) is 55.2 Å². The number of hydrogen-bond acceptors (Lipinski definition) is 2. The van der Waals surface area contributed by atoms with Gasteiger partial charge in [-0.15, -0.1) is 0 Å². The van der Waals surface area contributed by atoms with E-state index >= 15 is 0 Å². The molecule has 0 amide bonds. The molecule has 1 aliphatic heterocycles. The molecule has 2 N–H and O–H groups in total. The van der Waals surface area contributed by atoms with Gasteiger partial charge in [0.15, 0.2) is 5.96 Å². The third-order valence-electron chi connectivity index (χ3n) is 6.06. The summed E-state index contributed by atoms with van der Waals surface area (Å²) in [6.45, 7) is 4.53. The Morgan fingerprint density at radius 2 is 2.04 bits per heavy atom. The standard InChI is InChI=1S/C20H29BrN4/c1-22-19(23-12-15-8-11-25(13-15)16-6-7-16)24-14-20(9-10-20)17-4-2-3-5-18(17)21/h2-5,15-16H,6-14H2,1H3,(H2,22,23,24). The van der Waals surface area contributed by atoms with Gasteiger partial charge in [0.2, 0.25) is 0 Å². The molecule has 1 aromatic rings. The highest BCUT2D eigenvalue weighted by atomic mass is 79.9. The summed E-state index contributed by atoms with van der Waals surface area (Å²) in [4.78, 5) is 7.11. The lowest BCUT2D eigenvalue weighted by Crippen LogP contribution is -2.43. The van der Waals surface area contributed by atoms with Crippen molar-refractivity contribution in [2.75, 3.05) is 33.2 Å². The van der Waals surface area contributed by atoms with Crippen molar-refractivity contribution in [3.8, 4) is 0 Å². The molecule has 0 spiro atoms. The molecule has 0 radical (unpaired) electrons. The first-order chi connectivity index (χ1) is 12.2. The van der Waals surface area contributed by atoms with Crippen molar-refractivity contribution in [3.63, 3.8) is 0 Å². The van der Waals surface area contributed by atoms with Gasteiger partial charge in [0.05, 0.1) is 0 Å². The van der Waals surface area contributed by atoms with Crippen LogP contribution in [0.1, 0.15) is 37.7 Å². The van der Waals surface area contributed by atoms with Crippen LogP contribution < -0.4 is 10.6 Å². The summed E-state index contributed by atoms with van der Waals surface area (Å²) in [5.74, 6) is 1.71. The van der Waals surface area contributed by atoms with Crippen molar-refractivity contribution in [2.45, 2.75) is 43.6 Å². The minimum Gasteiger partial charge on any atom is -0.356 e. The van der Waals surface area contributed by atoms with E-state index in [0.29, 0.717) is 0 Å². The second-order valence-electron chi connectivity index (χ2n) is 7.95. The number of halogens is 1. The molecule has 136 valence electrons. The number of hydrogen-bond donors (Lipinski definition) is 2. The molecule has 0 aromatic heterocycles. The van der Waals surface area contributed by atoms with Crippen LogP contribution in [0.4, 0.5) is 0 Å². The summed E-state index contributed by atoms with van der Waals surface area (Å²) in [7, 11) is 1.87. The molecule has 0 bridgehead atoms. The van der Waals surface area contributed by atoms with Crippen LogP contribution in [0.5, 0.6) is 0 Å². The van der Waals surface area contributed by atoms with Crippen molar-refractivity contribution < 1.29 is 0 Å². The van der Waals surface area contributed by atoms with E-state index < -0.39 is 0 Å². The number of rotatable bonds is 6. The van der Waals surface area contributed by atoms with Crippen molar-refractivity contribution in [3.05, 3.63) is 34.3 Å². The molecular formula is C20H29BrN4. The van der Waals surface area contributed by atoms with E-state index in [9.17, 15) is 0 Å².